The lowest BCUT2D eigenvalue weighted by molar-refractivity contribution is -0.133. The standard InChI is InChI=1S/C21H20N4O4S/c1-12(24-8-9-25(21(22)29)16(26)11-24)17-18(20(27)28)13-5-2-3-6-14(13)23-19(17)15-7-4-10-30-15/h2-7,10,12H,8-9,11H2,1H3,(H2,22,29)(H,27,28). The van der Waals surface area contributed by atoms with Crippen LogP contribution < -0.4 is 5.73 Å². The highest BCUT2D eigenvalue weighted by atomic mass is 32.1. The van der Waals surface area contributed by atoms with E-state index in [2.05, 4.69) is 0 Å². The van der Waals surface area contributed by atoms with Crippen LogP contribution in [0, 0.1) is 0 Å². The van der Waals surface area contributed by atoms with Crippen LogP contribution >= 0.6 is 11.3 Å². The minimum absolute atomic E-state index is 0.0279. The topological polar surface area (TPSA) is 117 Å². The third kappa shape index (κ3) is 3.42. The summed E-state index contributed by atoms with van der Waals surface area (Å²) in [6.07, 6.45) is 0. The van der Waals surface area contributed by atoms with Crippen molar-refractivity contribution < 1.29 is 19.5 Å². The summed E-state index contributed by atoms with van der Waals surface area (Å²) >= 11 is 1.48. The van der Waals surface area contributed by atoms with Gasteiger partial charge in [0.15, 0.2) is 0 Å². The van der Waals surface area contributed by atoms with Crippen molar-refractivity contribution in [2.75, 3.05) is 19.6 Å². The molecule has 8 nitrogen and oxygen atoms in total. The van der Waals surface area contributed by atoms with Crippen LogP contribution in [-0.4, -0.2) is 57.4 Å². The molecule has 0 aliphatic carbocycles. The van der Waals surface area contributed by atoms with Gasteiger partial charge < -0.3 is 10.8 Å². The van der Waals surface area contributed by atoms with Crippen LogP contribution in [0.1, 0.15) is 28.9 Å². The molecule has 1 saturated heterocycles. The van der Waals surface area contributed by atoms with Crippen LogP contribution in [0.5, 0.6) is 0 Å². The first-order chi connectivity index (χ1) is 14.4. The van der Waals surface area contributed by atoms with E-state index in [0.717, 1.165) is 9.78 Å². The Bertz CT molecular complexity index is 1150. The Labute approximate surface area is 176 Å². The van der Waals surface area contributed by atoms with Crippen molar-refractivity contribution in [2.24, 2.45) is 5.73 Å². The second kappa shape index (κ2) is 7.85. The number of urea groups is 1. The molecule has 0 spiro atoms. The number of imide groups is 1. The number of hydrogen-bond acceptors (Lipinski definition) is 6. The van der Waals surface area contributed by atoms with Gasteiger partial charge in [-0.25, -0.2) is 14.6 Å². The third-order valence-electron chi connectivity index (χ3n) is 5.38. The molecule has 0 saturated carbocycles. The molecule has 3 N–H and O–H groups in total. The fraction of sp³-hybridized carbons (Fsp3) is 0.238. The van der Waals surface area contributed by atoms with Crippen molar-refractivity contribution in [3.63, 3.8) is 0 Å². The number of carboxylic acid groups (broad SMARTS) is 1. The number of primary amides is 1. The largest absolute Gasteiger partial charge is 0.478 e. The molecule has 1 aromatic carbocycles. The molecule has 154 valence electrons. The number of pyridine rings is 1. The van der Waals surface area contributed by atoms with Crippen molar-refractivity contribution in [2.45, 2.75) is 13.0 Å². The Kier molecular flexibility index (Phi) is 5.23. The summed E-state index contributed by atoms with van der Waals surface area (Å²) in [5.74, 6) is -1.45. The molecule has 2 aromatic heterocycles. The summed E-state index contributed by atoms with van der Waals surface area (Å²) in [7, 11) is 0. The Morgan fingerprint density at radius 3 is 2.60 bits per heavy atom. The number of nitrogens with two attached hydrogens (primary N) is 1. The first-order valence-corrected chi connectivity index (χ1v) is 10.3. The maximum atomic E-state index is 12.4. The van der Waals surface area contributed by atoms with Crippen LogP contribution in [-0.2, 0) is 4.79 Å². The quantitative estimate of drug-likeness (QED) is 0.665. The number of fused-ring (bicyclic) bond motifs is 1. The Hall–Kier alpha value is -3.30. The van der Waals surface area contributed by atoms with E-state index in [1.165, 1.54) is 11.3 Å². The predicted molar refractivity (Wildman–Crippen MR) is 113 cm³/mol. The molecule has 1 unspecified atom stereocenters. The number of carboxylic acids is 1. The number of piperazine rings is 1. The highest BCUT2D eigenvalue weighted by molar-refractivity contribution is 7.13. The van der Waals surface area contributed by atoms with E-state index in [1.807, 2.05) is 35.4 Å². The number of para-hydroxylation sites is 1. The number of rotatable bonds is 4. The molecule has 1 atom stereocenters. The molecule has 1 fully saturated rings. The normalized spacial score (nSPS) is 16.0. The maximum Gasteiger partial charge on any atom is 0.336 e. The van der Waals surface area contributed by atoms with E-state index < -0.39 is 23.9 Å². The molecule has 30 heavy (non-hydrogen) atoms. The number of amides is 3. The van der Waals surface area contributed by atoms with E-state index in [-0.39, 0.29) is 18.7 Å². The molecule has 9 heteroatoms. The maximum absolute atomic E-state index is 12.4. The molecular formula is C21H20N4O4S. The molecule has 3 aromatic rings. The molecule has 0 radical (unpaired) electrons. The summed E-state index contributed by atoms with van der Waals surface area (Å²) < 4.78 is 0. The van der Waals surface area contributed by atoms with E-state index in [1.54, 1.807) is 18.2 Å². The fourth-order valence-electron chi connectivity index (χ4n) is 3.90. The molecule has 3 amide bonds. The van der Waals surface area contributed by atoms with E-state index in [9.17, 15) is 19.5 Å². The van der Waals surface area contributed by atoms with Crippen LogP contribution in [0.15, 0.2) is 41.8 Å². The second-order valence-corrected chi connectivity index (χ2v) is 8.03. The summed E-state index contributed by atoms with van der Waals surface area (Å²) in [6.45, 7) is 2.39. The zero-order valence-corrected chi connectivity index (χ0v) is 17.1. The monoisotopic (exact) mass is 424 g/mol. The number of benzene rings is 1. The fourth-order valence-corrected chi connectivity index (χ4v) is 4.63. The zero-order chi connectivity index (χ0) is 21.4. The average molecular weight is 424 g/mol. The summed E-state index contributed by atoms with van der Waals surface area (Å²) in [5, 5.41) is 12.6. The van der Waals surface area contributed by atoms with Gasteiger partial charge in [0.05, 0.1) is 28.2 Å². The van der Waals surface area contributed by atoms with Gasteiger partial charge in [-0.3, -0.25) is 14.6 Å². The average Bonchev–Trinajstić information content (AvgIpc) is 3.26. The lowest BCUT2D eigenvalue weighted by atomic mass is 9.93. The number of carbonyl (C=O) groups is 3. The van der Waals surface area contributed by atoms with Crippen LogP contribution in [0.3, 0.4) is 0 Å². The number of carbonyl (C=O) groups excluding carboxylic acids is 2. The molecule has 1 aliphatic rings. The van der Waals surface area contributed by atoms with Gasteiger partial charge in [-0.05, 0) is 24.4 Å². The lowest BCUT2D eigenvalue weighted by Gasteiger charge is -2.37. The van der Waals surface area contributed by atoms with Gasteiger partial charge >= 0.3 is 12.0 Å². The van der Waals surface area contributed by atoms with E-state index in [4.69, 9.17) is 10.7 Å². The molecular weight excluding hydrogens is 404 g/mol. The first-order valence-electron chi connectivity index (χ1n) is 9.42. The third-order valence-corrected chi connectivity index (χ3v) is 6.26. The Morgan fingerprint density at radius 1 is 1.20 bits per heavy atom. The van der Waals surface area contributed by atoms with Gasteiger partial charge in [0, 0.05) is 30.1 Å². The molecule has 4 rings (SSSR count). The number of nitrogens with zero attached hydrogens (tertiary/aromatic N) is 3. The van der Waals surface area contributed by atoms with Gasteiger partial charge in [-0.2, -0.15) is 0 Å². The number of thiophene rings is 1. The number of aromatic carboxylic acids is 1. The predicted octanol–water partition coefficient (Wildman–Crippen LogP) is 2.95. The van der Waals surface area contributed by atoms with Crippen molar-refractivity contribution in [3.05, 3.63) is 52.9 Å². The Morgan fingerprint density at radius 2 is 1.97 bits per heavy atom. The SMILES string of the molecule is CC(c1c(-c2cccs2)nc2ccccc2c1C(=O)O)N1CCN(C(N)=O)C(=O)C1. The van der Waals surface area contributed by atoms with E-state index in [0.29, 0.717) is 28.7 Å². The number of aromatic nitrogens is 1. The van der Waals surface area contributed by atoms with Gasteiger partial charge in [0.1, 0.15) is 0 Å². The molecule has 3 heterocycles. The highest BCUT2D eigenvalue weighted by Gasteiger charge is 2.34. The van der Waals surface area contributed by atoms with Crippen LogP contribution in [0.4, 0.5) is 4.79 Å². The van der Waals surface area contributed by atoms with Crippen molar-refractivity contribution >= 4 is 40.1 Å². The summed E-state index contributed by atoms with van der Waals surface area (Å²) in [4.78, 5) is 44.7. The van der Waals surface area contributed by atoms with Crippen LogP contribution in [0.25, 0.3) is 21.5 Å². The van der Waals surface area contributed by atoms with E-state index >= 15 is 0 Å². The highest BCUT2D eigenvalue weighted by Crippen LogP contribution is 2.38. The van der Waals surface area contributed by atoms with Gasteiger partial charge in [0.2, 0.25) is 5.91 Å². The Balaban J connectivity index is 1.87. The summed E-state index contributed by atoms with van der Waals surface area (Å²) in [6, 6.07) is 9.75. The zero-order valence-electron chi connectivity index (χ0n) is 16.2. The van der Waals surface area contributed by atoms with Crippen molar-refractivity contribution in [3.8, 4) is 10.6 Å². The summed E-state index contributed by atoms with van der Waals surface area (Å²) in [5.41, 5.74) is 7.20. The van der Waals surface area contributed by atoms with Gasteiger partial charge in [-0.15, -0.1) is 11.3 Å². The van der Waals surface area contributed by atoms with Crippen molar-refractivity contribution in [1.29, 1.82) is 0 Å². The van der Waals surface area contributed by atoms with Crippen LogP contribution in [0.2, 0.25) is 0 Å². The molecule has 0 bridgehead atoms. The first kappa shape index (κ1) is 20.0. The second-order valence-electron chi connectivity index (χ2n) is 7.08. The minimum atomic E-state index is -1.05. The van der Waals surface area contributed by atoms with Crippen molar-refractivity contribution in [1.82, 2.24) is 14.8 Å². The van der Waals surface area contributed by atoms with Gasteiger partial charge in [0.25, 0.3) is 0 Å². The smallest absolute Gasteiger partial charge is 0.336 e. The molecule has 1 aliphatic heterocycles. The minimum Gasteiger partial charge on any atom is -0.478 e. The lowest BCUT2D eigenvalue weighted by Crippen LogP contribution is -2.54. The van der Waals surface area contributed by atoms with Gasteiger partial charge in [-0.1, -0.05) is 24.3 Å². The number of hydrogen-bond donors (Lipinski definition) is 2.